The lowest BCUT2D eigenvalue weighted by atomic mass is 10.1. The number of benzene rings is 1. The summed E-state index contributed by atoms with van der Waals surface area (Å²) in [7, 11) is 0. The van der Waals surface area contributed by atoms with Crippen LogP contribution < -0.4 is 5.73 Å². The molecule has 1 unspecified atom stereocenters. The molecule has 1 heterocycles. The maximum absolute atomic E-state index is 11.0. The number of hydrogen-bond acceptors (Lipinski definition) is 3. The van der Waals surface area contributed by atoms with Crippen molar-refractivity contribution in [2.24, 2.45) is 5.73 Å². The van der Waals surface area contributed by atoms with E-state index in [9.17, 15) is 4.79 Å². The highest BCUT2D eigenvalue weighted by Gasteiger charge is 2.12. The Morgan fingerprint density at radius 2 is 2.10 bits per heavy atom. The van der Waals surface area contributed by atoms with E-state index in [2.05, 4.69) is 4.98 Å². The normalized spacial score (nSPS) is 12.3. The molecule has 1 atom stereocenters. The fourth-order valence-electron chi connectivity index (χ4n) is 2.11. The molecule has 5 nitrogen and oxygen atoms in total. The van der Waals surface area contributed by atoms with Gasteiger partial charge in [0.1, 0.15) is 11.9 Å². The maximum atomic E-state index is 11.0. The van der Waals surface area contributed by atoms with Crippen molar-refractivity contribution in [1.82, 2.24) is 9.55 Å². The minimum Gasteiger partial charge on any atom is -0.371 e. The fraction of sp³-hybridized carbons (Fsp3) is 0.333. The predicted octanol–water partition coefficient (Wildman–Crippen LogP) is 2.13. The van der Waals surface area contributed by atoms with Gasteiger partial charge < -0.3 is 15.0 Å². The minimum atomic E-state index is -0.412. The van der Waals surface area contributed by atoms with Crippen molar-refractivity contribution in [2.75, 3.05) is 6.61 Å². The first-order valence-electron chi connectivity index (χ1n) is 6.63. The van der Waals surface area contributed by atoms with E-state index in [4.69, 9.17) is 10.5 Å². The van der Waals surface area contributed by atoms with E-state index >= 15 is 0 Å². The number of aromatic nitrogens is 2. The topological polar surface area (TPSA) is 70.1 Å². The second-order valence-corrected chi connectivity index (χ2v) is 4.57. The lowest BCUT2D eigenvalue weighted by Crippen LogP contribution is -2.12. The summed E-state index contributed by atoms with van der Waals surface area (Å²) < 4.78 is 7.61. The molecule has 1 aromatic heterocycles. The minimum absolute atomic E-state index is 0.0418. The second-order valence-electron chi connectivity index (χ2n) is 4.57. The number of rotatable bonds is 6. The van der Waals surface area contributed by atoms with Crippen LogP contribution in [0, 0.1) is 0 Å². The Kier molecular flexibility index (Phi) is 4.53. The molecule has 5 heteroatoms. The molecule has 0 aliphatic rings. The van der Waals surface area contributed by atoms with Gasteiger partial charge in [-0.2, -0.15) is 0 Å². The van der Waals surface area contributed by atoms with Crippen LogP contribution in [0.15, 0.2) is 36.7 Å². The Labute approximate surface area is 118 Å². The Balaban J connectivity index is 2.14. The molecule has 0 saturated carbocycles. The van der Waals surface area contributed by atoms with Crippen LogP contribution in [0.4, 0.5) is 0 Å². The molecule has 0 radical (unpaired) electrons. The molecule has 106 valence electrons. The van der Waals surface area contributed by atoms with E-state index in [1.54, 1.807) is 18.3 Å². The first-order valence-corrected chi connectivity index (χ1v) is 6.63. The fourth-order valence-corrected chi connectivity index (χ4v) is 2.11. The van der Waals surface area contributed by atoms with E-state index in [1.807, 2.05) is 36.7 Å². The van der Waals surface area contributed by atoms with Crippen LogP contribution in [-0.4, -0.2) is 22.1 Å². The molecular weight excluding hydrogens is 254 g/mol. The Morgan fingerprint density at radius 1 is 1.40 bits per heavy atom. The SMILES string of the molecule is CCOC(C)c1nccn1Cc1ccc(C(N)=O)cc1. The highest BCUT2D eigenvalue weighted by molar-refractivity contribution is 5.92. The highest BCUT2D eigenvalue weighted by Crippen LogP contribution is 2.16. The van der Waals surface area contributed by atoms with Gasteiger partial charge in [-0.05, 0) is 31.5 Å². The summed E-state index contributed by atoms with van der Waals surface area (Å²) in [6.45, 7) is 5.29. The van der Waals surface area contributed by atoms with Crippen molar-refractivity contribution in [1.29, 1.82) is 0 Å². The quantitative estimate of drug-likeness (QED) is 0.876. The molecule has 20 heavy (non-hydrogen) atoms. The Hall–Kier alpha value is -2.14. The first kappa shape index (κ1) is 14.3. The van der Waals surface area contributed by atoms with Crippen LogP contribution in [0.2, 0.25) is 0 Å². The van der Waals surface area contributed by atoms with Crippen molar-refractivity contribution < 1.29 is 9.53 Å². The largest absolute Gasteiger partial charge is 0.371 e. The predicted molar refractivity (Wildman–Crippen MR) is 76.3 cm³/mol. The van der Waals surface area contributed by atoms with Gasteiger partial charge in [-0.1, -0.05) is 12.1 Å². The lowest BCUT2D eigenvalue weighted by molar-refractivity contribution is 0.0677. The molecule has 2 N–H and O–H groups in total. The first-order chi connectivity index (χ1) is 9.61. The van der Waals surface area contributed by atoms with Crippen molar-refractivity contribution in [3.8, 4) is 0 Å². The second kappa shape index (κ2) is 6.34. The van der Waals surface area contributed by atoms with Gasteiger partial charge in [0.15, 0.2) is 0 Å². The number of imidazole rings is 1. The Morgan fingerprint density at radius 3 is 2.70 bits per heavy atom. The third-order valence-corrected chi connectivity index (χ3v) is 3.12. The van der Waals surface area contributed by atoms with Gasteiger partial charge in [-0.15, -0.1) is 0 Å². The van der Waals surface area contributed by atoms with Crippen molar-refractivity contribution >= 4 is 5.91 Å². The van der Waals surface area contributed by atoms with Crippen molar-refractivity contribution in [3.63, 3.8) is 0 Å². The van der Waals surface area contributed by atoms with Crippen LogP contribution >= 0.6 is 0 Å². The van der Waals surface area contributed by atoms with Crippen molar-refractivity contribution in [2.45, 2.75) is 26.5 Å². The van der Waals surface area contributed by atoms with Gasteiger partial charge in [0.2, 0.25) is 5.91 Å². The zero-order chi connectivity index (χ0) is 14.5. The summed E-state index contributed by atoms with van der Waals surface area (Å²) >= 11 is 0. The van der Waals surface area contributed by atoms with Gasteiger partial charge in [0.05, 0.1) is 0 Å². The summed E-state index contributed by atoms with van der Waals surface area (Å²) in [4.78, 5) is 15.4. The molecule has 0 aliphatic heterocycles. The standard InChI is InChI=1S/C15H19N3O2/c1-3-20-11(2)15-17-8-9-18(15)10-12-4-6-13(7-5-12)14(16)19/h4-9,11H,3,10H2,1-2H3,(H2,16,19). The number of ether oxygens (including phenoxy) is 1. The number of primary amides is 1. The van der Waals surface area contributed by atoms with Crippen molar-refractivity contribution in [3.05, 3.63) is 53.6 Å². The summed E-state index contributed by atoms with van der Waals surface area (Å²) in [5, 5.41) is 0. The zero-order valence-electron chi connectivity index (χ0n) is 11.7. The van der Waals surface area contributed by atoms with Gasteiger partial charge in [0, 0.05) is 31.1 Å². The average Bonchev–Trinajstić information content (AvgIpc) is 2.88. The third kappa shape index (κ3) is 3.24. The highest BCUT2D eigenvalue weighted by atomic mass is 16.5. The Bertz CT molecular complexity index is 575. The zero-order valence-corrected chi connectivity index (χ0v) is 11.7. The average molecular weight is 273 g/mol. The molecular formula is C15H19N3O2. The van der Waals surface area contributed by atoms with Crippen LogP contribution in [0.5, 0.6) is 0 Å². The summed E-state index contributed by atoms with van der Waals surface area (Å²) in [5.74, 6) is 0.482. The molecule has 0 saturated heterocycles. The molecule has 0 fully saturated rings. The molecule has 2 rings (SSSR count). The molecule has 1 amide bonds. The summed E-state index contributed by atoms with van der Waals surface area (Å²) in [6, 6.07) is 7.27. The number of carbonyl (C=O) groups is 1. The number of nitrogens with zero attached hydrogens (tertiary/aromatic N) is 2. The monoisotopic (exact) mass is 273 g/mol. The van der Waals surface area contributed by atoms with Crippen LogP contribution in [0.3, 0.4) is 0 Å². The van der Waals surface area contributed by atoms with E-state index in [0.717, 1.165) is 11.4 Å². The summed E-state index contributed by atoms with van der Waals surface area (Å²) in [5.41, 5.74) is 6.82. The number of carbonyl (C=O) groups excluding carboxylic acids is 1. The van der Waals surface area contributed by atoms with Crippen LogP contribution in [-0.2, 0) is 11.3 Å². The van der Waals surface area contributed by atoms with Crippen LogP contribution in [0.1, 0.15) is 41.7 Å². The third-order valence-electron chi connectivity index (χ3n) is 3.12. The number of amides is 1. The molecule has 0 spiro atoms. The van der Waals surface area contributed by atoms with E-state index < -0.39 is 5.91 Å². The molecule has 0 aliphatic carbocycles. The maximum Gasteiger partial charge on any atom is 0.248 e. The molecule has 2 aromatic rings. The van der Waals surface area contributed by atoms with Gasteiger partial charge >= 0.3 is 0 Å². The van der Waals surface area contributed by atoms with E-state index in [1.165, 1.54) is 0 Å². The molecule has 0 bridgehead atoms. The number of hydrogen-bond donors (Lipinski definition) is 1. The lowest BCUT2D eigenvalue weighted by Gasteiger charge is -2.14. The van der Waals surface area contributed by atoms with Gasteiger partial charge in [-0.25, -0.2) is 4.98 Å². The van der Waals surface area contributed by atoms with E-state index in [0.29, 0.717) is 18.7 Å². The molecule has 1 aromatic carbocycles. The van der Waals surface area contributed by atoms with Gasteiger partial charge in [-0.3, -0.25) is 4.79 Å². The summed E-state index contributed by atoms with van der Waals surface area (Å²) in [6.07, 6.45) is 3.65. The smallest absolute Gasteiger partial charge is 0.248 e. The number of nitrogens with two attached hydrogens (primary N) is 1. The van der Waals surface area contributed by atoms with E-state index in [-0.39, 0.29) is 6.10 Å². The van der Waals surface area contributed by atoms with Crippen LogP contribution in [0.25, 0.3) is 0 Å². The van der Waals surface area contributed by atoms with Gasteiger partial charge in [0.25, 0.3) is 0 Å².